The van der Waals surface area contributed by atoms with Crippen LogP contribution in [0.4, 0.5) is 31.5 Å². The zero-order valence-corrected chi connectivity index (χ0v) is 39.7. The minimum atomic E-state index is -0.253. The van der Waals surface area contributed by atoms with Crippen molar-refractivity contribution in [2.45, 2.75) is 120 Å². The molecule has 2 heterocycles. The summed E-state index contributed by atoms with van der Waals surface area (Å²) in [5, 5.41) is 5.17. The molecule has 13 rings (SSSR count). The van der Waals surface area contributed by atoms with Crippen molar-refractivity contribution < 1.29 is 8.78 Å². The number of benzene rings is 8. The van der Waals surface area contributed by atoms with Crippen LogP contribution in [0.25, 0.3) is 54.9 Å². The van der Waals surface area contributed by atoms with E-state index in [1.165, 1.54) is 114 Å². The lowest BCUT2D eigenvalue weighted by molar-refractivity contribution is 0.195. The van der Waals surface area contributed by atoms with E-state index in [1.807, 2.05) is 12.1 Å². The van der Waals surface area contributed by atoms with Crippen molar-refractivity contribution in [3.8, 4) is 33.4 Å². The lowest BCUT2D eigenvalue weighted by atomic mass is 9.61. The number of fused-ring (bicyclic) bond motifs is 14. The minimum Gasteiger partial charge on any atom is -0.334 e. The lowest BCUT2D eigenvalue weighted by Crippen LogP contribution is -2.54. The summed E-state index contributed by atoms with van der Waals surface area (Å²) < 4.78 is 29.6. The molecule has 2 fully saturated rings. The molecule has 4 heteroatoms. The van der Waals surface area contributed by atoms with Gasteiger partial charge in [-0.1, -0.05) is 126 Å². The highest BCUT2D eigenvalue weighted by atomic mass is 19.1. The van der Waals surface area contributed by atoms with Crippen LogP contribution in [0.3, 0.4) is 0 Å². The molecule has 2 aliphatic heterocycles. The van der Waals surface area contributed by atoms with Crippen molar-refractivity contribution in [1.29, 1.82) is 0 Å². The van der Waals surface area contributed by atoms with Crippen LogP contribution in [0.15, 0.2) is 146 Å². The highest BCUT2D eigenvalue weighted by Gasteiger charge is 2.59. The van der Waals surface area contributed by atoms with Crippen molar-refractivity contribution in [2.24, 2.45) is 0 Å². The number of nitrogens with zero attached hydrogens (tertiary/aromatic N) is 2. The van der Waals surface area contributed by atoms with E-state index in [9.17, 15) is 8.78 Å². The highest BCUT2D eigenvalue weighted by molar-refractivity contribution is 6.19. The maximum atomic E-state index is 14.8. The van der Waals surface area contributed by atoms with E-state index < -0.39 is 0 Å². The third-order valence-corrected chi connectivity index (χ3v) is 18.6. The van der Waals surface area contributed by atoms with Crippen molar-refractivity contribution in [1.82, 2.24) is 0 Å². The number of rotatable bonds is 4. The van der Waals surface area contributed by atoms with Crippen LogP contribution in [-0.4, -0.2) is 11.1 Å². The summed E-state index contributed by atoms with van der Waals surface area (Å²) in [4.78, 5) is 4.91. The van der Waals surface area contributed by atoms with Crippen LogP contribution in [0, 0.1) is 11.6 Å². The molecule has 4 unspecified atom stereocenters. The monoisotopic (exact) mass is 880 g/mol. The van der Waals surface area contributed by atoms with Gasteiger partial charge in [0, 0.05) is 39.0 Å². The fourth-order valence-electron chi connectivity index (χ4n) is 14.8. The number of hydrogen-bond donors (Lipinski definition) is 0. The Morgan fingerprint density at radius 1 is 0.403 bits per heavy atom. The fourth-order valence-corrected chi connectivity index (χ4v) is 14.8. The first-order valence-corrected chi connectivity index (χ1v) is 24.8. The Morgan fingerprint density at radius 2 is 0.881 bits per heavy atom. The summed E-state index contributed by atoms with van der Waals surface area (Å²) >= 11 is 0. The molecule has 2 saturated carbocycles. The van der Waals surface area contributed by atoms with Crippen molar-refractivity contribution >= 4 is 44.3 Å². The summed E-state index contributed by atoms with van der Waals surface area (Å²) in [6.07, 6.45) is 9.11. The average molecular weight is 881 g/mol. The van der Waals surface area contributed by atoms with E-state index in [4.69, 9.17) is 0 Å². The third kappa shape index (κ3) is 5.36. The lowest BCUT2D eigenvalue weighted by Gasteiger charge is -2.50. The van der Waals surface area contributed by atoms with Gasteiger partial charge in [0.2, 0.25) is 0 Å². The molecule has 0 N–H and O–H groups in total. The summed E-state index contributed by atoms with van der Waals surface area (Å²) in [5.41, 5.74) is 16.7. The van der Waals surface area contributed by atoms with E-state index in [-0.39, 0.29) is 39.0 Å². The van der Waals surface area contributed by atoms with Crippen molar-refractivity contribution in [3.63, 3.8) is 0 Å². The van der Waals surface area contributed by atoms with Crippen LogP contribution >= 0.6 is 0 Å². The van der Waals surface area contributed by atoms with Gasteiger partial charge in [-0.2, -0.15) is 0 Å². The van der Waals surface area contributed by atoms with Gasteiger partial charge in [-0.05, 0) is 190 Å². The Bertz CT molecular complexity index is 3420. The van der Waals surface area contributed by atoms with Gasteiger partial charge < -0.3 is 9.80 Å². The summed E-state index contributed by atoms with van der Waals surface area (Å²) in [5.74, 6) is -0.384. The molecular weight excluding hydrogens is 823 g/mol. The quantitative estimate of drug-likeness (QED) is 0.163. The normalized spacial score (nSPS) is 25.4. The molecule has 8 aromatic rings. The Kier molecular flexibility index (Phi) is 8.50. The van der Waals surface area contributed by atoms with Gasteiger partial charge in [0.05, 0.1) is 11.1 Å². The zero-order chi connectivity index (χ0) is 45.8. The van der Waals surface area contributed by atoms with Crippen LogP contribution < -0.4 is 9.80 Å². The summed E-state index contributed by atoms with van der Waals surface area (Å²) in [6.45, 7) is 14.6. The van der Waals surface area contributed by atoms with Gasteiger partial charge in [-0.15, -0.1) is 0 Å². The van der Waals surface area contributed by atoms with Crippen molar-refractivity contribution in [2.75, 3.05) is 9.80 Å². The van der Waals surface area contributed by atoms with Gasteiger partial charge in [-0.25, -0.2) is 8.78 Å². The zero-order valence-electron chi connectivity index (χ0n) is 39.7. The van der Waals surface area contributed by atoms with Crippen LogP contribution in [-0.2, 0) is 16.2 Å². The maximum absolute atomic E-state index is 14.8. The number of anilines is 4. The topological polar surface area (TPSA) is 6.48 Å². The van der Waals surface area contributed by atoms with Gasteiger partial charge in [0.25, 0.3) is 0 Å². The minimum absolute atomic E-state index is 0.0662. The average Bonchev–Trinajstić information content (AvgIpc) is 3.79. The maximum Gasteiger partial charge on any atom is 0.125 e. The van der Waals surface area contributed by atoms with Crippen LogP contribution in [0.2, 0.25) is 0 Å². The molecule has 0 saturated heterocycles. The second-order valence-electron chi connectivity index (χ2n) is 22.2. The molecule has 67 heavy (non-hydrogen) atoms. The first kappa shape index (κ1) is 41.0. The molecular formula is C63H58F2N2. The molecule has 8 aromatic carbocycles. The van der Waals surface area contributed by atoms with E-state index in [0.29, 0.717) is 0 Å². The fraction of sp³-hybridized carbons (Fsp3) is 0.302. The number of hydrogen-bond acceptors (Lipinski definition) is 2. The van der Waals surface area contributed by atoms with Crippen LogP contribution in [0.5, 0.6) is 0 Å². The second kappa shape index (κ2) is 13.9. The molecule has 0 radical (unpaired) electrons. The van der Waals surface area contributed by atoms with Gasteiger partial charge in [-0.3, -0.25) is 0 Å². The first-order chi connectivity index (χ1) is 32.2. The predicted octanol–water partition coefficient (Wildman–Crippen LogP) is 17.4. The van der Waals surface area contributed by atoms with E-state index >= 15 is 0 Å². The molecule has 3 aliphatic carbocycles. The molecule has 334 valence electrons. The highest BCUT2D eigenvalue weighted by Crippen LogP contribution is 2.63. The van der Waals surface area contributed by atoms with Gasteiger partial charge in [0.15, 0.2) is 0 Å². The predicted molar refractivity (Wildman–Crippen MR) is 275 cm³/mol. The molecule has 0 amide bonds. The largest absolute Gasteiger partial charge is 0.334 e. The molecule has 5 aliphatic rings. The standard InChI is InChI=1S/C63H58F2N2/c1-59(2)52-34-40(42-24-28-56-54(36-42)61(4)30-10-12-32-63(61,6)67(56)46-18-14-16-44(65)38-46)22-26-50(52)57-48-20-8-7-19-47(48)51-33-39(21-25-49(51)58(57)59)41-23-27-55-53(35-41)60(3)29-9-11-31-62(60,5)66(55)45-17-13-15-43(64)37-45/h7-8,13-28,33-38H,9-12,29-32H2,1-6H3. The molecule has 0 spiro atoms. The third-order valence-electron chi connectivity index (χ3n) is 18.6. The molecule has 0 bridgehead atoms. The van der Waals surface area contributed by atoms with Gasteiger partial charge in [0.1, 0.15) is 11.6 Å². The Balaban J connectivity index is 0.921. The number of halogens is 2. The van der Waals surface area contributed by atoms with E-state index in [0.717, 1.165) is 37.1 Å². The summed E-state index contributed by atoms with van der Waals surface area (Å²) in [6, 6.07) is 51.9. The smallest absolute Gasteiger partial charge is 0.125 e. The molecule has 0 aromatic heterocycles. The van der Waals surface area contributed by atoms with E-state index in [2.05, 4.69) is 161 Å². The van der Waals surface area contributed by atoms with Gasteiger partial charge >= 0.3 is 0 Å². The SMILES string of the molecule is CC1(C)c2cc(-c3ccc4c(c3)C3(C)CCCCC3(C)N4c3cccc(F)c3)ccc2-c2c1c1ccc(-c3ccc4c(c3)C3(C)CCCCC3(C)N4c3cccc(F)c3)cc1c1ccccc21. The van der Waals surface area contributed by atoms with Crippen LogP contribution in [0.1, 0.15) is 115 Å². The second-order valence-corrected chi connectivity index (χ2v) is 22.2. The van der Waals surface area contributed by atoms with Crippen molar-refractivity contribution in [3.05, 3.63) is 179 Å². The Hall–Kier alpha value is -6.26. The Labute approximate surface area is 394 Å². The molecule has 2 nitrogen and oxygen atoms in total. The molecule has 4 atom stereocenters. The van der Waals surface area contributed by atoms with E-state index in [1.54, 1.807) is 24.3 Å². The summed E-state index contributed by atoms with van der Waals surface area (Å²) in [7, 11) is 0. The first-order valence-electron chi connectivity index (χ1n) is 24.8. The Morgan fingerprint density at radius 3 is 1.43 bits per heavy atom.